The van der Waals surface area contributed by atoms with E-state index in [0.29, 0.717) is 27.9 Å². The Morgan fingerprint density at radius 3 is 2.56 bits per heavy atom. The first-order valence-corrected chi connectivity index (χ1v) is 8.39. The Bertz CT molecular complexity index is 920. The third kappa shape index (κ3) is 3.20. The minimum absolute atomic E-state index is 0.0391. The molecule has 1 saturated heterocycles. The molecule has 6 heteroatoms. The van der Waals surface area contributed by atoms with Gasteiger partial charge in [0.1, 0.15) is 0 Å². The summed E-state index contributed by atoms with van der Waals surface area (Å²) in [6.07, 6.45) is 6.35. The lowest BCUT2D eigenvalue weighted by molar-refractivity contribution is 0.0724. The van der Waals surface area contributed by atoms with Crippen LogP contribution in [-0.4, -0.2) is 38.8 Å². The average molecular weight is 336 g/mol. The number of amides is 1. The summed E-state index contributed by atoms with van der Waals surface area (Å²) in [4.78, 5) is 27.2. The van der Waals surface area contributed by atoms with Gasteiger partial charge in [0.25, 0.3) is 5.91 Å². The quantitative estimate of drug-likeness (QED) is 0.673. The molecule has 1 fully saturated rings. The van der Waals surface area contributed by atoms with E-state index in [-0.39, 0.29) is 5.91 Å². The van der Waals surface area contributed by atoms with Gasteiger partial charge in [-0.1, -0.05) is 0 Å². The van der Waals surface area contributed by atoms with Crippen LogP contribution in [0.15, 0.2) is 42.7 Å². The van der Waals surface area contributed by atoms with Crippen LogP contribution >= 0.6 is 0 Å². The highest BCUT2D eigenvalue weighted by Crippen LogP contribution is 2.21. The highest BCUT2D eigenvalue weighted by Gasteiger charge is 2.18. The molecule has 126 valence electrons. The highest BCUT2D eigenvalue weighted by molar-refractivity contribution is 5.97. The lowest BCUT2D eigenvalue weighted by atomic mass is 10.1. The SMILES string of the molecule is O=C(c1ccc2ncc(-c3ccc(F)nc3)nc2c1)N1CCCCC1. The van der Waals surface area contributed by atoms with Crippen molar-refractivity contribution in [1.29, 1.82) is 0 Å². The molecule has 0 aliphatic carbocycles. The van der Waals surface area contributed by atoms with Gasteiger partial charge in [-0.2, -0.15) is 4.39 Å². The molecular formula is C19H17FN4O. The lowest BCUT2D eigenvalue weighted by Gasteiger charge is -2.26. The molecule has 1 aliphatic heterocycles. The molecule has 3 aromatic rings. The maximum Gasteiger partial charge on any atom is 0.253 e. The molecule has 2 aromatic heterocycles. The fourth-order valence-corrected chi connectivity index (χ4v) is 3.09. The van der Waals surface area contributed by atoms with Gasteiger partial charge in [-0.3, -0.25) is 9.78 Å². The van der Waals surface area contributed by atoms with Gasteiger partial charge < -0.3 is 4.90 Å². The van der Waals surface area contributed by atoms with Crippen LogP contribution in [0.1, 0.15) is 29.6 Å². The number of pyridine rings is 1. The van der Waals surface area contributed by atoms with Crippen molar-refractivity contribution in [3.63, 3.8) is 0 Å². The van der Waals surface area contributed by atoms with Crippen LogP contribution in [0.4, 0.5) is 4.39 Å². The lowest BCUT2D eigenvalue weighted by Crippen LogP contribution is -2.35. The summed E-state index contributed by atoms with van der Waals surface area (Å²) in [5.41, 5.74) is 3.27. The zero-order chi connectivity index (χ0) is 17.2. The number of rotatable bonds is 2. The molecule has 0 bridgehead atoms. The van der Waals surface area contributed by atoms with Crippen LogP contribution in [-0.2, 0) is 0 Å². The summed E-state index contributed by atoms with van der Waals surface area (Å²) in [7, 11) is 0. The first-order chi connectivity index (χ1) is 12.2. The Kier molecular flexibility index (Phi) is 4.09. The monoisotopic (exact) mass is 336 g/mol. The molecule has 0 spiro atoms. The Morgan fingerprint density at radius 2 is 1.80 bits per heavy atom. The second-order valence-corrected chi connectivity index (χ2v) is 6.18. The predicted molar refractivity (Wildman–Crippen MR) is 92.5 cm³/mol. The smallest absolute Gasteiger partial charge is 0.253 e. The zero-order valence-electron chi connectivity index (χ0n) is 13.7. The van der Waals surface area contributed by atoms with Crippen LogP contribution in [0, 0.1) is 5.95 Å². The van der Waals surface area contributed by atoms with Gasteiger partial charge in [-0.15, -0.1) is 0 Å². The standard InChI is InChI=1S/C19H17FN4O/c20-18-7-5-14(11-22-18)17-12-21-15-6-4-13(10-16(15)23-17)19(25)24-8-2-1-3-9-24/h4-7,10-12H,1-3,8-9H2. The summed E-state index contributed by atoms with van der Waals surface area (Å²) < 4.78 is 13.0. The van der Waals surface area contributed by atoms with Crippen molar-refractivity contribution in [2.45, 2.75) is 19.3 Å². The summed E-state index contributed by atoms with van der Waals surface area (Å²) in [5.74, 6) is -0.496. The maximum atomic E-state index is 13.0. The molecule has 0 radical (unpaired) electrons. The van der Waals surface area contributed by atoms with Gasteiger partial charge in [0.2, 0.25) is 5.95 Å². The number of likely N-dealkylation sites (tertiary alicyclic amines) is 1. The van der Waals surface area contributed by atoms with Crippen LogP contribution in [0.2, 0.25) is 0 Å². The number of carbonyl (C=O) groups is 1. The number of halogens is 1. The first-order valence-electron chi connectivity index (χ1n) is 8.39. The highest BCUT2D eigenvalue weighted by atomic mass is 19.1. The second kappa shape index (κ2) is 6.55. The van der Waals surface area contributed by atoms with Crippen molar-refractivity contribution in [3.05, 3.63) is 54.2 Å². The molecule has 25 heavy (non-hydrogen) atoms. The first kappa shape index (κ1) is 15.6. The number of hydrogen-bond donors (Lipinski definition) is 0. The molecule has 0 unspecified atom stereocenters. The topological polar surface area (TPSA) is 59.0 Å². The molecule has 0 saturated carbocycles. The van der Waals surface area contributed by atoms with Gasteiger partial charge in [0.05, 0.1) is 22.9 Å². The Morgan fingerprint density at radius 1 is 0.960 bits per heavy atom. The van der Waals surface area contributed by atoms with Crippen LogP contribution in [0.25, 0.3) is 22.3 Å². The molecule has 3 heterocycles. The van der Waals surface area contributed by atoms with E-state index >= 15 is 0 Å². The van der Waals surface area contributed by atoms with E-state index < -0.39 is 5.95 Å². The van der Waals surface area contributed by atoms with Gasteiger partial charge >= 0.3 is 0 Å². The van der Waals surface area contributed by atoms with E-state index in [1.807, 2.05) is 11.0 Å². The van der Waals surface area contributed by atoms with Crippen molar-refractivity contribution < 1.29 is 9.18 Å². The fraction of sp³-hybridized carbons (Fsp3) is 0.263. The molecule has 0 N–H and O–H groups in total. The third-order valence-corrected chi connectivity index (χ3v) is 4.46. The van der Waals surface area contributed by atoms with Crippen molar-refractivity contribution in [3.8, 4) is 11.3 Å². The van der Waals surface area contributed by atoms with Crippen molar-refractivity contribution in [2.75, 3.05) is 13.1 Å². The number of carbonyl (C=O) groups excluding carboxylic acids is 1. The second-order valence-electron chi connectivity index (χ2n) is 6.18. The van der Waals surface area contributed by atoms with Gasteiger partial charge in [0.15, 0.2) is 0 Å². The Labute approximate surface area is 144 Å². The van der Waals surface area contributed by atoms with Crippen molar-refractivity contribution in [1.82, 2.24) is 19.9 Å². The van der Waals surface area contributed by atoms with Gasteiger partial charge in [-0.25, -0.2) is 9.97 Å². The van der Waals surface area contributed by atoms with E-state index in [4.69, 9.17) is 0 Å². The third-order valence-electron chi connectivity index (χ3n) is 4.46. The van der Waals surface area contributed by atoms with Crippen LogP contribution in [0.5, 0.6) is 0 Å². The largest absolute Gasteiger partial charge is 0.339 e. The minimum atomic E-state index is -0.535. The summed E-state index contributed by atoms with van der Waals surface area (Å²) in [5, 5.41) is 0. The van der Waals surface area contributed by atoms with Crippen LogP contribution < -0.4 is 0 Å². The van der Waals surface area contributed by atoms with E-state index in [0.717, 1.165) is 25.9 Å². The summed E-state index contributed by atoms with van der Waals surface area (Å²) >= 11 is 0. The van der Waals surface area contributed by atoms with Crippen molar-refractivity contribution >= 4 is 16.9 Å². The van der Waals surface area contributed by atoms with E-state index in [9.17, 15) is 9.18 Å². The Hall–Kier alpha value is -2.89. The molecule has 0 atom stereocenters. The summed E-state index contributed by atoms with van der Waals surface area (Å²) in [6.45, 7) is 1.62. The normalized spacial score (nSPS) is 14.7. The minimum Gasteiger partial charge on any atom is -0.339 e. The number of fused-ring (bicyclic) bond motifs is 1. The molecule has 4 rings (SSSR count). The molecule has 1 aliphatic rings. The number of aromatic nitrogens is 3. The number of piperidine rings is 1. The molecular weight excluding hydrogens is 319 g/mol. The van der Waals surface area contributed by atoms with Gasteiger partial charge in [-0.05, 0) is 49.6 Å². The van der Waals surface area contributed by atoms with E-state index in [1.54, 1.807) is 24.4 Å². The number of nitrogens with zero attached hydrogens (tertiary/aromatic N) is 4. The summed E-state index contributed by atoms with van der Waals surface area (Å²) in [6, 6.07) is 8.29. The average Bonchev–Trinajstić information content (AvgIpc) is 2.68. The van der Waals surface area contributed by atoms with E-state index in [2.05, 4.69) is 15.0 Å². The maximum absolute atomic E-state index is 13.0. The number of benzene rings is 1. The molecule has 1 aromatic carbocycles. The Balaban J connectivity index is 1.69. The fourth-order valence-electron chi connectivity index (χ4n) is 3.09. The van der Waals surface area contributed by atoms with E-state index in [1.165, 1.54) is 18.7 Å². The number of hydrogen-bond acceptors (Lipinski definition) is 4. The molecule has 1 amide bonds. The predicted octanol–water partition coefficient (Wildman–Crippen LogP) is 3.46. The van der Waals surface area contributed by atoms with Crippen molar-refractivity contribution in [2.24, 2.45) is 0 Å². The molecule has 5 nitrogen and oxygen atoms in total. The van der Waals surface area contributed by atoms with Crippen LogP contribution in [0.3, 0.4) is 0 Å². The zero-order valence-corrected chi connectivity index (χ0v) is 13.7. The van der Waals surface area contributed by atoms with Gasteiger partial charge in [0, 0.05) is 30.4 Å².